The predicted molar refractivity (Wildman–Crippen MR) is 54.9 cm³/mol. The highest BCUT2D eigenvalue weighted by atomic mass is 31.2. The van der Waals surface area contributed by atoms with Gasteiger partial charge >= 0.3 is 7.82 Å². The molecule has 0 unspecified atom stereocenters. The Bertz CT molecular complexity index is 231. The minimum atomic E-state index is -3.36. The van der Waals surface area contributed by atoms with Crippen molar-refractivity contribution in [2.75, 3.05) is 19.8 Å². The molecule has 0 saturated carbocycles. The zero-order valence-corrected chi connectivity index (χ0v) is 9.80. The van der Waals surface area contributed by atoms with E-state index in [0.717, 1.165) is 6.42 Å². The quantitative estimate of drug-likeness (QED) is 0.509. The van der Waals surface area contributed by atoms with Crippen molar-refractivity contribution in [3.8, 4) is 11.8 Å². The molecule has 82 valence electrons. The van der Waals surface area contributed by atoms with Crippen LogP contribution >= 0.6 is 7.82 Å². The molecule has 0 bridgehead atoms. The molecule has 0 spiro atoms. The minimum Gasteiger partial charge on any atom is -0.287 e. The summed E-state index contributed by atoms with van der Waals surface area (Å²) in [6.45, 7) is 6.04. The van der Waals surface area contributed by atoms with Crippen molar-refractivity contribution in [2.24, 2.45) is 0 Å². The number of phosphoric ester groups is 1. The van der Waals surface area contributed by atoms with E-state index < -0.39 is 7.82 Å². The van der Waals surface area contributed by atoms with E-state index in [-0.39, 0.29) is 6.61 Å². The van der Waals surface area contributed by atoms with Crippen LogP contribution in [0.2, 0.25) is 0 Å². The molecular weight excluding hydrogens is 203 g/mol. The maximum Gasteiger partial charge on any atom is 0.475 e. The van der Waals surface area contributed by atoms with E-state index in [0.29, 0.717) is 13.2 Å². The summed E-state index contributed by atoms with van der Waals surface area (Å²) in [5.74, 6) is 5.50. The van der Waals surface area contributed by atoms with Crippen molar-refractivity contribution >= 4 is 7.82 Å². The second-order valence-corrected chi connectivity index (χ2v) is 3.93. The molecule has 0 aromatic rings. The van der Waals surface area contributed by atoms with E-state index >= 15 is 0 Å². The summed E-state index contributed by atoms with van der Waals surface area (Å²) in [4.78, 5) is 0. The number of hydrogen-bond acceptors (Lipinski definition) is 4. The molecule has 0 aromatic heterocycles. The van der Waals surface area contributed by atoms with Crippen LogP contribution in [0.3, 0.4) is 0 Å². The highest BCUT2D eigenvalue weighted by molar-refractivity contribution is 7.48. The van der Waals surface area contributed by atoms with E-state index in [4.69, 9.17) is 13.6 Å². The summed E-state index contributed by atoms with van der Waals surface area (Å²) in [5.41, 5.74) is 0. The summed E-state index contributed by atoms with van der Waals surface area (Å²) in [6, 6.07) is 0. The molecule has 0 fully saturated rings. The lowest BCUT2D eigenvalue weighted by molar-refractivity contribution is 0.132. The average Bonchev–Trinajstić information content (AvgIpc) is 2.13. The van der Waals surface area contributed by atoms with Gasteiger partial charge in [0.25, 0.3) is 0 Å². The summed E-state index contributed by atoms with van der Waals surface area (Å²) < 4.78 is 26.4. The van der Waals surface area contributed by atoms with Gasteiger partial charge in [0.2, 0.25) is 0 Å². The fraction of sp³-hybridized carbons (Fsp3) is 0.778. The van der Waals surface area contributed by atoms with Gasteiger partial charge in [0.1, 0.15) is 6.61 Å². The molecule has 0 atom stereocenters. The first-order chi connectivity index (χ1) is 6.68. The number of phosphoric acid groups is 1. The topological polar surface area (TPSA) is 44.8 Å². The summed E-state index contributed by atoms with van der Waals surface area (Å²) in [7, 11) is -3.36. The Morgan fingerprint density at radius 1 is 1.00 bits per heavy atom. The van der Waals surface area contributed by atoms with Gasteiger partial charge in [-0.15, -0.1) is 5.92 Å². The predicted octanol–water partition coefficient (Wildman–Crippen LogP) is 2.60. The second kappa shape index (κ2) is 8.02. The third-order valence-corrected chi connectivity index (χ3v) is 2.77. The maximum atomic E-state index is 11.6. The van der Waals surface area contributed by atoms with Gasteiger partial charge < -0.3 is 0 Å². The summed E-state index contributed by atoms with van der Waals surface area (Å²) in [6.07, 6.45) is 0.747. The first-order valence-electron chi connectivity index (χ1n) is 4.67. The highest BCUT2D eigenvalue weighted by Gasteiger charge is 2.24. The fourth-order valence-corrected chi connectivity index (χ4v) is 1.79. The molecule has 14 heavy (non-hydrogen) atoms. The normalized spacial score (nSPS) is 10.8. The standard InChI is InChI=1S/C9H17O4P/c1-4-7-8-9-13-14(10,11-5-2)12-6-3/h4-6,9H2,1-3H3. The van der Waals surface area contributed by atoms with Gasteiger partial charge in [0.05, 0.1) is 13.2 Å². The molecule has 0 rings (SSSR count). The van der Waals surface area contributed by atoms with Gasteiger partial charge in [-0.2, -0.15) is 0 Å². The third-order valence-electron chi connectivity index (χ3n) is 1.17. The van der Waals surface area contributed by atoms with Crippen molar-refractivity contribution in [1.82, 2.24) is 0 Å². The third kappa shape index (κ3) is 6.17. The Morgan fingerprint density at radius 3 is 2.00 bits per heavy atom. The molecule has 0 aromatic carbocycles. The molecule has 0 radical (unpaired) electrons. The Hall–Kier alpha value is -0.330. The van der Waals surface area contributed by atoms with E-state index in [2.05, 4.69) is 11.8 Å². The second-order valence-electron chi connectivity index (χ2n) is 2.26. The van der Waals surface area contributed by atoms with Gasteiger partial charge in [-0.05, 0) is 13.8 Å². The SMILES string of the molecule is CCC#CCOP(=O)(OCC)OCC. The minimum absolute atomic E-state index is 0.0745. The average molecular weight is 220 g/mol. The molecule has 0 amide bonds. The molecule has 0 aliphatic rings. The Morgan fingerprint density at radius 2 is 1.57 bits per heavy atom. The van der Waals surface area contributed by atoms with Crippen LogP contribution in [-0.2, 0) is 18.1 Å². The largest absolute Gasteiger partial charge is 0.475 e. The van der Waals surface area contributed by atoms with Crippen LogP contribution in [0.15, 0.2) is 0 Å². The lowest BCUT2D eigenvalue weighted by Gasteiger charge is -2.14. The van der Waals surface area contributed by atoms with Gasteiger partial charge in [-0.3, -0.25) is 13.6 Å². The van der Waals surface area contributed by atoms with Crippen LogP contribution in [0.4, 0.5) is 0 Å². The Balaban J connectivity index is 4.02. The van der Waals surface area contributed by atoms with Gasteiger partial charge in [-0.25, -0.2) is 4.57 Å². The van der Waals surface area contributed by atoms with Gasteiger partial charge in [0, 0.05) is 6.42 Å². The Labute approximate surface area is 85.5 Å². The molecule has 4 nitrogen and oxygen atoms in total. The van der Waals surface area contributed by atoms with Crippen molar-refractivity contribution in [2.45, 2.75) is 27.2 Å². The van der Waals surface area contributed by atoms with Crippen molar-refractivity contribution < 1.29 is 18.1 Å². The monoisotopic (exact) mass is 220 g/mol. The smallest absolute Gasteiger partial charge is 0.287 e. The van der Waals surface area contributed by atoms with Crippen LogP contribution in [0.1, 0.15) is 27.2 Å². The van der Waals surface area contributed by atoms with Crippen LogP contribution in [0, 0.1) is 11.8 Å². The zero-order chi connectivity index (χ0) is 10.9. The number of rotatable bonds is 6. The molecule has 0 saturated heterocycles. The Kier molecular flexibility index (Phi) is 7.83. The van der Waals surface area contributed by atoms with Gasteiger partial charge in [0.15, 0.2) is 0 Å². The van der Waals surface area contributed by atoms with E-state index in [1.54, 1.807) is 13.8 Å². The molecule has 0 heterocycles. The van der Waals surface area contributed by atoms with E-state index in [9.17, 15) is 4.57 Å². The molecule has 0 aliphatic carbocycles. The summed E-state index contributed by atoms with van der Waals surface area (Å²) in [5, 5.41) is 0. The first kappa shape index (κ1) is 13.7. The lowest BCUT2D eigenvalue weighted by Crippen LogP contribution is -2.00. The van der Waals surface area contributed by atoms with E-state index in [1.165, 1.54) is 0 Å². The molecule has 0 N–H and O–H groups in total. The van der Waals surface area contributed by atoms with Crippen LogP contribution < -0.4 is 0 Å². The van der Waals surface area contributed by atoms with Crippen LogP contribution in [0.25, 0.3) is 0 Å². The first-order valence-corrected chi connectivity index (χ1v) is 6.14. The molecule has 5 heteroatoms. The van der Waals surface area contributed by atoms with Crippen LogP contribution in [-0.4, -0.2) is 19.8 Å². The lowest BCUT2D eigenvalue weighted by atomic mass is 10.5. The molecular formula is C9H17O4P. The molecule has 0 aliphatic heterocycles. The van der Waals surface area contributed by atoms with Crippen molar-refractivity contribution in [3.63, 3.8) is 0 Å². The zero-order valence-electron chi connectivity index (χ0n) is 8.91. The maximum absolute atomic E-state index is 11.6. The highest BCUT2D eigenvalue weighted by Crippen LogP contribution is 2.48. The van der Waals surface area contributed by atoms with E-state index in [1.807, 2.05) is 6.92 Å². The van der Waals surface area contributed by atoms with Crippen LogP contribution in [0.5, 0.6) is 0 Å². The summed E-state index contributed by atoms with van der Waals surface area (Å²) >= 11 is 0. The van der Waals surface area contributed by atoms with Crippen molar-refractivity contribution in [1.29, 1.82) is 0 Å². The fourth-order valence-electron chi connectivity index (χ4n) is 0.715. The number of hydrogen-bond donors (Lipinski definition) is 0. The van der Waals surface area contributed by atoms with Crippen molar-refractivity contribution in [3.05, 3.63) is 0 Å². The van der Waals surface area contributed by atoms with Gasteiger partial charge in [-0.1, -0.05) is 12.8 Å².